The SMILES string of the molecule is COC[C@@H](COc1cc(=O)c(C)c2n1CCc1cc(C3CN(C(=O)OC(C)(C)C)C3)ccc1-2)OC. The average Bonchev–Trinajstić information content (AvgIpc) is 2.76. The predicted molar refractivity (Wildman–Crippen MR) is 133 cm³/mol. The molecule has 2 aromatic rings. The van der Waals surface area contributed by atoms with Gasteiger partial charge in [0.15, 0.2) is 11.3 Å². The van der Waals surface area contributed by atoms with E-state index in [0.717, 1.165) is 24.2 Å². The molecule has 2 aliphatic rings. The number of pyridine rings is 1. The number of nitrogens with zero attached hydrogens (tertiary/aromatic N) is 2. The minimum atomic E-state index is -0.492. The Bertz CT molecular complexity index is 1140. The highest BCUT2D eigenvalue weighted by Crippen LogP contribution is 2.37. The van der Waals surface area contributed by atoms with Gasteiger partial charge in [0.1, 0.15) is 18.3 Å². The first-order chi connectivity index (χ1) is 16.6. The highest BCUT2D eigenvalue weighted by atomic mass is 16.6. The zero-order valence-corrected chi connectivity index (χ0v) is 21.6. The quantitative estimate of drug-likeness (QED) is 0.596. The van der Waals surface area contributed by atoms with Crippen molar-refractivity contribution < 1.29 is 23.7 Å². The molecule has 1 fully saturated rings. The van der Waals surface area contributed by atoms with Crippen LogP contribution in [0.5, 0.6) is 5.88 Å². The fourth-order valence-corrected chi connectivity index (χ4v) is 4.67. The molecule has 1 aromatic heterocycles. The van der Waals surface area contributed by atoms with Crippen molar-refractivity contribution in [2.24, 2.45) is 0 Å². The number of carbonyl (C=O) groups excluding carboxylic acids is 1. The normalized spacial score (nSPS) is 16.2. The summed E-state index contributed by atoms with van der Waals surface area (Å²) in [5, 5.41) is 0. The van der Waals surface area contributed by atoms with Gasteiger partial charge in [-0.3, -0.25) is 4.79 Å². The third-order valence-electron chi connectivity index (χ3n) is 6.61. The summed E-state index contributed by atoms with van der Waals surface area (Å²) in [6.45, 7) is 10.2. The van der Waals surface area contributed by atoms with Gasteiger partial charge in [0.25, 0.3) is 0 Å². The van der Waals surface area contributed by atoms with Crippen LogP contribution in [0.25, 0.3) is 11.3 Å². The van der Waals surface area contributed by atoms with Crippen LogP contribution in [0.1, 0.15) is 43.4 Å². The van der Waals surface area contributed by atoms with Crippen molar-refractivity contribution in [1.29, 1.82) is 0 Å². The first kappa shape index (κ1) is 25.3. The Morgan fingerprint density at radius 2 is 1.89 bits per heavy atom. The lowest BCUT2D eigenvalue weighted by molar-refractivity contribution is -0.000948. The molecule has 8 nitrogen and oxygen atoms in total. The van der Waals surface area contributed by atoms with E-state index in [4.69, 9.17) is 18.9 Å². The van der Waals surface area contributed by atoms with Crippen molar-refractivity contribution in [1.82, 2.24) is 9.47 Å². The summed E-state index contributed by atoms with van der Waals surface area (Å²) >= 11 is 0. The summed E-state index contributed by atoms with van der Waals surface area (Å²) in [4.78, 5) is 26.8. The Morgan fingerprint density at radius 1 is 1.14 bits per heavy atom. The maximum absolute atomic E-state index is 12.8. The number of amides is 1. The second kappa shape index (κ2) is 10.0. The summed E-state index contributed by atoms with van der Waals surface area (Å²) in [5.41, 5.74) is 4.57. The number of methoxy groups -OCH3 is 2. The van der Waals surface area contributed by atoms with Crippen LogP contribution in [-0.4, -0.2) is 67.8 Å². The van der Waals surface area contributed by atoms with E-state index in [1.165, 1.54) is 11.1 Å². The number of aryl methyl sites for hydroxylation is 1. The lowest BCUT2D eigenvalue weighted by Crippen LogP contribution is -2.50. The molecular weight excluding hydrogens is 448 g/mol. The number of hydrogen-bond donors (Lipinski definition) is 0. The standard InChI is InChI=1S/C27H36N2O6/c1-17-23(30)12-24(34-16-21(33-6)15-32-5)29-10-9-19-11-18(7-8-22(19)25(17)29)20-13-28(14-20)26(31)35-27(2,3)4/h7-8,11-12,20-21H,9-10,13-16H2,1-6H3/t21-/m0/s1. The van der Waals surface area contributed by atoms with E-state index in [1.54, 1.807) is 25.2 Å². The van der Waals surface area contributed by atoms with Crippen molar-refractivity contribution >= 4 is 6.09 Å². The summed E-state index contributed by atoms with van der Waals surface area (Å²) in [7, 11) is 3.24. The molecule has 2 aliphatic heterocycles. The average molecular weight is 485 g/mol. The number of ether oxygens (including phenoxy) is 4. The van der Waals surface area contributed by atoms with E-state index >= 15 is 0 Å². The Labute approximate surface area is 206 Å². The van der Waals surface area contributed by atoms with Gasteiger partial charge in [-0.25, -0.2) is 4.79 Å². The molecule has 1 amide bonds. The van der Waals surface area contributed by atoms with Crippen molar-refractivity contribution in [3.63, 3.8) is 0 Å². The fourth-order valence-electron chi connectivity index (χ4n) is 4.67. The summed E-state index contributed by atoms with van der Waals surface area (Å²) < 4.78 is 24.2. The van der Waals surface area contributed by atoms with Gasteiger partial charge >= 0.3 is 6.09 Å². The monoisotopic (exact) mass is 484 g/mol. The van der Waals surface area contributed by atoms with Gasteiger partial charge in [-0.05, 0) is 45.2 Å². The zero-order valence-electron chi connectivity index (χ0n) is 21.6. The molecule has 0 aliphatic carbocycles. The molecular formula is C27H36N2O6. The van der Waals surface area contributed by atoms with Gasteiger partial charge in [0.2, 0.25) is 0 Å². The van der Waals surface area contributed by atoms with E-state index in [0.29, 0.717) is 43.7 Å². The van der Waals surface area contributed by atoms with Crippen molar-refractivity contribution in [2.45, 2.75) is 58.3 Å². The molecule has 1 aromatic carbocycles. The Morgan fingerprint density at radius 3 is 2.54 bits per heavy atom. The van der Waals surface area contributed by atoms with Gasteiger partial charge in [0.05, 0.1) is 12.3 Å². The van der Waals surface area contributed by atoms with Crippen molar-refractivity contribution in [3.05, 3.63) is 51.2 Å². The highest BCUT2D eigenvalue weighted by molar-refractivity contribution is 5.71. The number of rotatable bonds is 7. The van der Waals surface area contributed by atoms with Crippen LogP contribution in [0.2, 0.25) is 0 Å². The van der Waals surface area contributed by atoms with Crippen molar-refractivity contribution in [2.75, 3.05) is 40.5 Å². The molecule has 190 valence electrons. The van der Waals surface area contributed by atoms with Gasteiger partial charge in [-0.1, -0.05) is 18.2 Å². The van der Waals surface area contributed by atoms with E-state index in [9.17, 15) is 9.59 Å². The molecule has 4 rings (SSSR count). The van der Waals surface area contributed by atoms with Crippen LogP contribution in [-0.2, 0) is 27.2 Å². The highest BCUT2D eigenvalue weighted by Gasteiger charge is 2.35. The summed E-state index contributed by atoms with van der Waals surface area (Å²) in [6.07, 6.45) is 0.363. The molecule has 1 atom stereocenters. The van der Waals surface area contributed by atoms with Crippen LogP contribution in [0.15, 0.2) is 29.1 Å². The molecule has 8 heteroatoms. The molecule has 0 N–H and O–H groups in total. The zero-order chi connectivity index (χ0) is 25.3. The number of benzene rings is 1. The van der Waals surface area contributed by atoms with Gasteiger partial charge in [-0.15, -0.1) is 0 Å². The third kappa shape index (κ3) is 5.38. The maximum Gasteiger partial charge on any atom is 0.410 e. The minimum absolute atomic E-state index is 0.0455. The largest absolute Gasteiger partial charge is 0.476 e. The molecule has 0 bridgehead atoms. The Kier molecular flexibility index (Phi) is 7.24. The topological polar surface area (TPSA) is 79.2 Å². The van der Waals surface area contributed by atoms with Crippen LogP contribution >= 0.6 is 0 Å². The van der Waals surface area contributed by atoms with Crippen LogP contribution in [0.4, 0.5) is 4.79 Å². The Hall–Kier alpha value is -2.84. The van der Waals surface area contributed by atoms with Gasteiger partial charge in [-0.2, -0.15) is 0 Å². The van der Waals surface area contributed by atoms with Crippen LogP contribution in [0.3, 0.4) is 0 Å². The van der Waals surface area contributed by atoms with Crippen molar-refractivity contribution in [3.8, 4) is 17.1 Å². The minimum Gasteiger partial charge on any atom is -0.476 e. The van der Waals surface area contributed by atoms with Crippen LogP contribution in [0, 0.1) is 6.92 Å². The number of aromatic nitrogens is 1. The molecule has 0 spiro atoms. The molecule has 0 saturated carbocycles. The van der Waals surface area contributed by atoms with E-state index in [-0.39, 0.29) is 17.6 Å². The van der Waals surface area contributed by atoms with E-state index < -0.39 is 5.60 Å². The number of fused-ring (bicyclic) bond motifs is 3. The first-order valence-electron chi connectivity index (χ1n) is 12.1. The van der Waals surface area contributed by atoms with Gasteiger partial charge < -0.3 is 28.4 Å². The Balaban J connectivity index is 1.54. The molecule has 3 heterocycles. The third-order valence-corrected chi connectivity index (χ3v) is 6.61. The predicted octanol–water partition coefficient (Wildman–Crippen LogP) is 3.75. The fraction of sp³-hybridized carbons (Fsp3) is 0.556. The second-order valence-electron chi connectivity index (χ2n) is 10.3. The molecule has 0 radical (unpaired) electrons. The van der Waals surface area contributed by atoms with Gasteiger partial charge in [0, 0.05) is 57.0 Å². The summed E-state index contributed by atoms with van der Waals surface area (Å²) in [5.74, 6) is 0.843. The van der Waals surface area contributed by atoms with Crippen LogP contribution < -0.4 is 10.2 Å². The maximum atomic E-state index is 12.8. The molecule has 1 saturated heterocycles. The summed E-state index contributed by atoms with van der Waals surface area (Å²) in [6, 6.07) is 8.01. The molecule has 35 heavy (non-hydrogen) atoms. The van der Waals surface area contributed by atoms with E-state index in [2.05, 4.69) is 22.8 Å². The lowest BCUT2D eigenvalue weighted by atomic mass is 9.86. The molecule has 0 unspecified atom stereocenters. The number of carbonyl (C=O) groups is 1. The lowest BCUT2D eigenvalue weighted by Gasteiger charge is -2.40. The van der Waals surface area contributed by atoms with E-state index in [1.807, 2.05) is 27.7 Å². The number of likely N-dealkylation sites (tertiary alicyclic amines) is 1. The second-order valence-corrected chi connectivity index (χ2v) is 10.3. The smallest absolute Gasteiger partial charge is 0.410 e. The number of hydrogen-bond acceptors (Lipinski definition) is 6. The first-order valence-corrected chi connectivity index (χ1v) is 12.1.